The van der Waals surface area contributed by atoms with Gasteiger partial charge < -0.3 is 9.32 Å². The highest BCUT2D eigenvalue weighted by Gasteiger charge is 2.21. The smallest absolute Gasteiger partial charge is 0.144 e. The van der Waals surface area contributed by atoms with Gasteiger partial charge in [-0.15, -0.1) is 11.3 Å². The molecular formula is C30H19NOS. The molecule has 0 aliphatic rings. The van der Waals surface area contributed by atoms with Crippen LogP contribution < -0.4 is 4.90 Å². The molecule has 2 nitrogen and oxygen atoms in total. The molecular weight excluding hydrogens is 422 g/mol. The number of fused-ring (bicyclic) bond motifs is 7. The minimum absolute atomic E-state index is 0.930. The van der Waals surface area contributed by atoms with E-state index in [9.17, 15) is 0 Å². The van der Waals surface area contributed by atoms with Crippen LogP contribution in [-0.2, 0) is 0 Å². The number of hydrogen-bond acceptors (Lipinski definition) is 3. The lowest BCUT2D eigenvalue weighted by molar-refractivity contribution is 0.673. The molecule has 0 bridgehead atoms. The lowest BCUT2D eigenvalue weighted by Gasteiger charge is -2.26. The summed E-state index contributed by atoms with van der Waals surface area (Å²) in [6.45, 7) is 0. The third-order valence-corrected chi connectivity index (χ3v) is 7.37. The van der Waals surface area contributed by atoms with Gasteiger partial charge in [0.1, 0.15) is 11.2 Å². The zero-order chi connectivity index (χ0) is 21.8. The van der Waals surface area contributed by atoms with Gasteiger partial charge in [-0.25, -0.2) is 0 Å². The van der Waals surface area contributed by atoms with E-state index in [4.69, 9.17) is 4.42 Å². The Morgan fingerprint density at radius 3 is 1.94 bits per heavy atom. The average molecular weight is 442 g/mol. The van der Waals surface area contributed by atoms with E-state index in [1.54, 1.807) is 0 Å². The third-order valence-electron chi connectivity index (χ3n) is 6.25. The van der Waals surface area contributed by atoms with Crippen LogP contribution in [0.25, 0.3) is 42.1 Å². The van der Waals surface area contributed by atoms with Crippen molar-refractivity contribution in [2.24, 2.45) is 0 Å². The van der Waals surface area contributed by atoms with Crippen LogP contribution in [0.4, 0.5) is 17.1 Å². The van der Waals surface area contributed by atoms with E-state index in [-0.39, 0.29) is 0 Å². The highest BCUT2D eigenvalue weighted by molar-refractivity contribution is 7.26. The predicted molar refractivity (Wildman–Crippen MR) is 141 cm³/mol. The molecule has 33 heavy (non-hydrogen) atoms. The second-order valence-electron chi connectivity index (χ2n) is 8.17. The first-order chi connectivity index (χ1) is 16.4. The van der Waals surface area contributed by atoms with E-state index in [1.807, 2.05) is 17.4 Å². The number of anilines is 3. The minimum Gasteiger partial charge on any atom is -0.455 e. The molecule has 0 unspecified atom stereocenters. The Hall–Kier alpha value is -4.08. The maximum Gasteiger partial charge on any atom is 0.144 e. The van der Waals surface area contributed by atoms with Crippen molar-refractivity contribution in [3.63, 3.8) is 0 Å². The summed E-state index contributed by atoms with van der Waals surface area (Å²) < 4.78 is 8.96. The van der Waals surface area contributed by atoms with E-state index < -0.39 is 0 Å². The topological polar surface area (TPSA) is 16.4 Å². The largest absolute Gasteiger partial charge is 0.455 e. The summed E-state index contributed by atoms with van der Waals surface area (Å²) in [4.78, 5) is 2.34. The quantitative estimate of drug-likeness (QED) is 0.271. The Labute approximate surface area is 194 Å². The average Bonchev–Trinajstić information content (AvgIpc) is 3.44. The highest BCUT2D eigenvalue weighted by Crippen LogP contribution is 2.47. The lowest BCUT2D eigenvalue weighted by atomic mass is 10.1. The van der Waals surface area contributed by atoms with Gasteiger partial charge in [-0.05, 0) is 54.6 Å². The zero-order valence-electron chi connectivity index (χ0n) is 17.7. The van der Waals surface area contributed by atoms with Gasteiger partial charge in [-0.2, -0.15) is 0 Å². The van der Waals surface area contributed by atoms with E-state index in [0.29, 0.717) is 0 Å². The van der Waals surface area contributed by atoms with Crippen LogP contribution in [0, 0.1) is 0 Å². The Bertz CT molecular complexity index is 1720. The van der Waals surface area contributed by atoms with Crippen LogP contribution in [0.5, 0.6) is 0 Å². The van der Waals surface area contributed by atoms with Crippen molar-refractivity contribution in [2.75, 3.05) is 4.90 Å². The first kappa shape index (κ1) is 18.5. The zero-order valence-corrected chi connectivity index (χ0v) is 18.5. The van der Waals surface area contributed by atoms with E-state index in [1.165, 1.54) is 25.6 Å². The summed E-state index contributed by atoms with van der Waals surface area (Å²) in [6, 6.07) is 40.5. The van der Waals surface area contributed by atoms with Gasteiger partial charge in [0.2, 0.25) is 0 Å². The fraction of sp³-hybridized carbons (Fsp3) is 0. The lowest BCUT2D eigenvalue weighted by Crippen LogP contribution is -2.09. The fourth-order valence-electron chi connectivity index (χ4n) is 4.83. The van der Waals surface area contributed by atoms with Crippen LogP contribution in [-0.4, -0.2) is 0 Å². The maximum absolute atomic E-state index is 6.47. The standard InChI is InChI=1S/C30H19NOS/c1-3-10-20(11-4-1)31(21-12-5-2-6-13-21)24-15-9-17-26-28(24)29-27(33-26)19-18-23-22-14-7-8-16-25(22)32-30(23)29/h1-19H. The molecule has 0 saturated heterocycles. The van der Waals surface area contributed by atoms with Gasteiger partial charge in [0.25, 0.3) is 0 Å². The summed E-state index contributed by atoms with van der Waals surface area (Å²) in [5.41, 5.74) is 5.32. The van der Waals surface area contributed by atoms with Crippen LogP contribution in [0.1, 0.15) is 0 Å². The molecule has 0 amide bonds. The molecule has 0 aliphatic heterocycles. The van der Waals surface area contributed by atoms with Crippen molar-refractivity contribution >= 4 is 70.5 Å². The SMILES string of the molecule is c1ccc(N(c2ccccc2)c2cccc3sc4ccc5c6ccccc6oc5c4c23)cc1. The molecule has 156 valence electrons. The number of para-hydroxylation sites is 3. The van der Waals surface area contributed by atoms with E-state index in [0.717, 1.165) is 33.6 Å². The number of thiophene rings is 1. The Morgan fingerprint density at radius 2 is 1.18 bits per heavy atom. The van der Waals surface area contributed by atoms with Crippen molar-refractivity contribution < 1.29 is 4.42 Å². The van der Waals surface area contributed by atoms with Crippen LogP contribution in [0.15, 0.2) is 120 Å². The summed E-state index contributed by atoms with van der Waals surface area (Å²) in [7, 11) is 0. The third kappa shape index (κ3) is 2.80. The number of nitrogens with zero attached hydrogens (tertiary/aromatic N) is 1. The summed E-state index contributed by atoms with van der Waals surface area (Å²) in [6.07, 6.45) is 0. The minimum atomic E-state index is 0.930. The molecule has 2 aromatic heterocycles. The number of furan rings is 1. The van der Waals surface area contributed by atoms with Crippen molar-refractivity contribution in [2.45, 2.75) is 0 Å². The highest BCUT2D eigenvalue weighted by atomic mass is 32.1. The predicted octanol–water partition coefficient (Wildman–Crippen LogP) is 9.42. The molecule has 7 aromatic rings. The van der Waals surface area contributed by atoms with Crippen molar-refractivity contribution in [3.05, 3.63) is 115 Å². The molecule has 0 saturated carbocycles. The van der Waals surface area contributed by atoms with Crippen molar-refractivity contribution in [1.29, 1.82) is 0 Å². The van der Waals surface area contributed by atoms with Gasteiger partial charge in [-0.3, -0.25) is 0 Å². The summed E-state index contributed by atoms with van der Waals surface area (Å²) in [5.74, 6) is 0. The number of rotatable bonds is 3. The summed E-state index contributed by atoms with van der Waals surface area (Å²) in [5, 5.41) is 4.75. The molecule has 0 atom stereocenters. The van der Waals surface area contributed by atoms with Gasteiger partial charge in [-0.1, -0.05) is 60.7 Å². The Balaban J connectivity index is 1.63. The van der Waals surface area contributed by atoms with E-state index in [2.05, 4.69) is 114 Å². The van der Waals surface area contributed by atoms with Crippen LogP contribution in [0.3, 0.4) is 0 Å². The monoisotopic (exact) mass is 441 g/mol. The van der Waals surface area contributed by atoms with Gasteiger partial charge in [0.15, 0.2) is 0 Å². The first-order valence-corrected chi connectivity index (χ1v) is 11.9. The molecule has 5 aromatic carbocycles. The normalized spacial score (nSPS) is 11.6. The second kappa shape index (κ2) is 7.22. The van der Waals surface area contributed by atoms with Gasteiger partial charge >= 0.3 is 0 Å². The number of hydrogen-bond donors (Lipinski definition) is 0. The summed E-state index contributed by atoms with van der Waals surface area (Å²) >= 11 is 1.82. The molecule has 7 rings (SSSR count). The van der Waals surface area contributed by atoms with Gasteiger partial charge in [0.05, 0.1) is 5.69 Å². The fourth-order valence-corrected chi connectivity index (χ4v) is 5.96. The first-order valence-electron chi connectivity index (χ1n) is 11.0. The maximum atomic E-state index is 6.47. The Kier molecular flexibility index (Phi) is 4.05. The molecule has 0 aliphatic carbocycles. The molecule has 0 radical (unpaired) electrons. The van der Waals surface area contributed by atoms with Gasteiger partial charge in [0, 0.05) is 42.3 Å². The van der Waals surface area contributed by atoms with Crippen LogP contribution in [0.2, 0.25) is 0 Å². The van der Waals surface area contributed by atoms with Crippen LogP contribution >= 0.6 is 11.3 Å². The molecule has 0 fully saturated rings. The Morgan fingerprint density at radius 1 is 0.515 bits per heavy atom. The molecule has 2 heterocycles. The van der Waals surface area contributed by atoms with Crippen molar-refractivity contribution in [1.82, 2.24) is 0 Å². The molecule has 3 heteroatoms. The van der Waals surface area contributed by atoms with Crippen molar-refractivity contribution in [3.8, 4) is 0 Å². The second-order valence-corrected chi connectivity index (χ2v) is 9.26. The number of benzene rings is 5. The van der Waals surface area contributed by atoms with E-state index >= 15 is 0 Å². The molecule has 0 spiro atoms. The molecule has 0 N–H and O–H groups in total.